The molecule has 0 saturated heterocycles. The second-order valence-electron chi connectivity index (χ2n) is 6.62. The van der Waals surface area contributed by atoms with E-state index in [0.29, 0.717) is 17.1 Å². The Balaban J connectivity index is 1.78. The Bertz CT molecular complexity index is 905. The summed E-state index contributed by atoms with van der Waals surface area (Å²) in [6.45, 7) is 2.31. The molecule has 2 aromatic carbocycles. The third-order valence-corrected chi connectivity index (χ3v) is 5.18. The summed E-state index contributed by atoms with van der Waals surface area (Å²) in [5, 5.41) is 0.686. The smallest absolute Gasteiger partial charge is 0.163 e. The summed E-state index contributed by atoms with van der Waals surface area (Å²) in [6.07, 6.45) is 2.95. The van der Waals surface area contributed by atoms with Crippen LogP contribution in [0.15, 0.2) is 60.8 Å². The number of nitrogens with zero attached hydrogens (tertiary/aromatic N) is 2. The number of fused-ring (bicyclic) bond motifs is 1. The number of aromatic nitrogens is 1. The zero-order valence-electron chi connectivity index (χ0n) is 14.2. The Morgan fingerprint density at radius 3 is 2.58 bits per heavy atom. The third kappa shape index (κ3) is 3.27. The zero-order valence-corrected chi connectivity index (χ0v) is 15.0. The SMILES string of the molecule is Fc1cccc([C@H]2c3cccn3CCCN2Cc2ccc(Cl)cc2)c1F. The molecule has 0 spiro atoms. The van der Waals surface area contributed by atoms with E-state index in [1.807, 2.05) is 42.6 Å². The topological polar surface area (TPSA) is 8.17 Å². The minimum atomic E-state index is -0.809. The van der Waals surface area contributed by atoms with Crippen molar-refractivity contribution in [2.24, 2.45) is 0 Å². The van der Waals surface area contributed by atoms with Gasteiger partial charge < -0.3 is 4.57 Å². The quantitative estimate of drug-likeness (QED) is 0.596. The molecule has 5 heteroatoms. The van der Waals surface area contributed by atoms with Gasteiger partial charge in [-0.3, -0.25) is 4.90 Å². The molecule has 0 saturated carbocycles. The Morgan fingerprint density at radius 1 is 0.962 bits per heavy atom. The predicted octanol–water partition coefficient (Wildman–Crippen LogP) is 5.42. The number of hydrogen-bond donors (Lipinski definition) is 0. The van der Waals surface area contributed by atoms with Crippen molar-refractivity contribution in [3.63, 3.8) is 0 Å². The lowest BCUT2D eigenvalue weighted by Crippen LogP contribution is -2.30. The molecular weight excluding hydrogens is 354 g/mol. The van der Waals surface area contributed by atoms with Crippen LogP contribution >= 0.6 is 11.6 Å². The van der Waals surface area contributed by atoms with Gasteiger partial charge in [0.2, 0.25) is 0 Å². The van der Waals surface area contributed by atoms with E-state index >= 15 is 0 Å². The number of benzene rings is 2. The molecule has 1 aliphatic rings. The van der Waals surface area contributed by atoms with E-state index < -0.39 is 11.6 Å². The number of hydrogen-bond acceptors (Lipinski definition) is 1. The average molecular weight is 373 g/mol. The van der Waals surface area contributed by atoms with Crippen molar-refractivity contribution in [1.29, 1.82) is 0 Å². The summed E-state index contributed by atoms with van der Waals surface area (Å²) < 4.78 is 30.7. The first-order chi connectivity index (χ1) is 12.6. The first-order valence-corrected chi connectivity index (χ1v) is 9.09. The molecule has 4 rings (SSSR count). The van der Waals surface area contributed by atoms with Gasteiger partial charge in [-0.05, 0) is 42.3 Å². The lowest BCUT2D eigenvalue weighted by Gasteiger charge is -2.31. The van der Waals surface area contributed by atoms with Crippen molar-refractivity contribution < 1.29 is 8.78 Å². The van der Waals surface area contributed by atoms with E-state index in [0.717, 1.165) is 36.8 Å². The van der Waals surface area contributed by atoms with Gasteiger partial charge in [0.25, 0.3) is 0 Å². The Hall–Kier alpha value is -2.17. The highest BCUT2D eigenvalue weighted by atomic mass is 35.5. The monoisotopic (exact) mass is 372 g/mol. The van der Waals surface area contributed by atoms with E-state index in [1.54, 1.807) is 12.1 Å². The molecule has 0 radical (unpaired) electrons. The standard InChI is InChI=1S/C21H19ClF2N2/c22-16-9-7-15(8-10-16)14-26-13-3-12-25-11-2-6-19(25)21(26)17-4-1-5-18(23)20(17)24/h1-2,4-11,21H,3,12-14H2/t21-/m0/s1. The average Bonchev–Trinajstić information content (AvgIpc) is 3.02. The molecule has 0 N–H and O–H groups in total. The highest BCUT2D eigenvalue weighted by Gasteiger charge is 2.30. The van der Waals surface area contributed by atoms with Crippen LogP contribution in [-0.4, -0.2) is 16.0 Å². The molecule has 0 fully saturated rings. The largest absolute Gasteiger partial charge is 0.350 e. The van der Waals surface area contributed by atoms with Gasteiger partial charge in [-0.1, -0.05) is 35.9 Å². The van der Waals surface area contributed by atoms with Crippen LogP contribution in [0.4, 0.5) is 8.78 Å². The van der Waals surface area contributed by atoms with Crippen LogP contribution in [-0.2, 0) is 13.1 Å². The molecule has 0 aliphatic carbocycles. The molecule has 1 atom stereocenters. The Morgan fingerprint density at radius 2 is 1.77 bits per heavy atom. The molecule has 0 amide bonds. The summed E-state index contributed by atoms with van der Waals surface area (Å²) in [5.41, 5.74) is 2.46. The molecular formula is C21H19ClF2N2. The van der Waals surface area contributed by atoms with Crippen LogP contribution in [0.2, 0.25) is 5.02 Å². The minimum absolute atomic E-state index is 0.334. The van der Waals surface area contributed by atoms with Crippen molar-refractivity contribution in [2.45, 2.75) is 25.6 Å². The molecule has 3 aromatic rings. The molecule has 2 heterocycles. The molecule has 2 nitrogen and oxygen atoms in total. The van der Waals surface area contributed by atoms with Crippen LogP contribution < -0.4 is 0 Å². The van der Waals surface area contributed by atoms with Crippen molar-refractivity contribution in [3.05, 3.63) is 94.3 Å². The maximum absolute atomic E-state index is 14.7. The molecule has 1 aromatic heterocycles. The molecule has 0 bridgehead atoms. The second-order valence-corrected chi connectivity index (χ2v) is 7.06. The number of halogens is 3. The van der Waals surface area contributed by atoms with Crippen molar-refractivity contribution in [3.8, 4) is 0 Å². The summed E-state index contributed by atoms with van der Waals surface area (Å²) in [4.78, 5) is 2.21. The fraction of sp³-hybridized carbons (Fsp3) is 0.238. The van der Waals surface area contributed by atoms with Crippen LogP contribution in [0, 0.1) is 11.6 Å². The van der Waals surface area contributed by atoms with Crippen molar-refractivity contribution in [2.75, 3.05) is 6.54 Å². The van der Waals surface area contributed by atoms with Gasteiger partial charge >= 0.3 is 0 Å². The summed E-state index contributed by atoms with van der Waals surface area (Å²) in [7, 11) is 0. The Kier molecular flexibility index (Phi) is 4.79. The molecule has 1 aliphatic heterocycles. The van der Waals surface area contributed by atoms with Crippen molar-refractivity contribution >= 4 is 11.6 Å². The lowest BCUT2D eigenvalue weighted by atomic mass is 10.00. The van der Waals surface area contributed by atoms with E-state index in [-0.39, 0.29) is 6.04 Å². The van der Waals surface area contributed by atoms with Crippen LogP contribution in [0.5, 0.6) is 0 Å². The molecule has 26 heavy (non-hydrogen) atoms. The Labute approximate surface area is 156 Å². The van der Waals surface area contributed by atoms with Gasteiger partial charge in [-0.15, -0.1) is 0 Å². The third-order valence-electron chi connectivity index (χ3n) is 4.93. The number of rotatable bonds is 3. The lowest BCUT2D eigenvalue weighted by molar-refractivity contribution is 0.215. The van der Waals surface area contributed by atoms with Gasteiger partial charge in [-0.25, -0.2) is 8.78 Å². The van der Waals surface area contributed by atoms with Crippen LogP contribution in [0.25, 0.3) is 0 Å². The summed E-state index contributed by atoms with van der Waals surface area (Å²) in [6, 6.07) is 15.7. The van der Waals surface area contributed by atoms with E-state index in [4.69, 9.17) is 11.6 Å². The summed E-state index contributed by atoms with van der Waals surface area (Å²) >= 11 is 5.99. The number of aryl methyl sites for hydroxylation is 1. The van der Waals surface area contributed by atoms with Gasteiger partial charge in [0.1, 0.15) is 0 Å². The van der Waals surface area contributed by atoms with E-state index in [9.17, 15) is 8.78 Å². The maximum Gasteiger partial charge on any atom is 0.163 e. The second kappa shape index (κ2) is 7.22. The van der Waals surface area contributed by atoms with E-state index in [2.05, 4.69) is 9.47 Å². The highest BCUT2D eigenvalue weighted by molar-refractivity contribution is 6.30. The predicted molar refractivity (Wildman–Crippen MR) is 99.1 cm³/mol. The van der Waals surface area contributed by atoms with Gasteiger partial charge in [0, 0.05) is 42.1 Å². The zero-order chi connectivity index (χ0) is 18.1. The van der Waals surface area contributed by atoms with Crippen LogP contribution in [0.3, 0.4) is 0 Å². The van der Waals surface area contributed by atoms with Crippen molar-refractivity contribution in [1.82, 2.24) is 9.47 Å². The first-order valence-electron chi connectivity index (χ1n) is 8.71. The first kappa shape index (κ1) is 17.3. The fourth-order valence-corrected chi connectivity index (χ4v) is 3.85. The van der Waals surface area contributed by atoms with Gasteiger partial charge in [0.05, 0.1) is 6.04 Å². The molecule has 134 valence electrons. The summed E-state index contributed by atoms with van der Waals surface area (Å²) in [5.74, 6) is -1.58. The van der Waals surface area contributed by atoms with Crippen LogP contribution in [0.1, 0.15) is 29.3 Å². The minimum Gasteiger partial charge on any atom is -0.350 e. The molecule has 0 unspecified atom stereocenters. The normalized spacial score (nSPS) is 17.7. The van der Waals surface area contributed by atoms with Gasteiger partial charge in [0.15, 0.2) is 11.6 Å². The van der Waals surface area contributed by atoms with Gasteiger partial charge in [-0.2, -0.15) is 0 Å². The van der Waals surface area contributed by atoms with E-state index in [1.165, 1.54) is 0 Å². The highest BCUT2D eigenvalue weighted by Crippen LogP contribution is 2.35. The maximum atomic E-state index is 14.7. The fourth-order valence-electron chi connectivity index (χ4n) is 3.72.